The molecule has 1 heterocycles. The molecule has 0 radical (unpaired) electrons. The summed E-state index contributed by atoms with van der Waals surface area (Å²) in [6.45, 7) is 7.13. The van der Waals surface area contributed by atoms with Gasteiger partial charge in [-0.3, -0.25) is 4.68 Å². The molecule has 0 unspecified atom stereocenters. The quantitative estimate of drug-likeness (QED) is 0.916. The summed E-state index contributed by atoms with van der Waals surface area (Å²) < 4.78 is 2.60. The van der Waals surface area contributed by atoms with Gasteiger partial charge in [-0.2, -0.15) is 5.10 Å². The summed E-state index contributed by atoms with van der Waals surface area (Å²) in [5.74, 6) is 0. The average molecular weight is 279 g/mol. The van der Waals surface area contributed by atoms with E-state index in [1.807, 2.05) is 14.0 Å². The highest BCUT2D eigenvalue weighted by Crippen LogP contribution is 2.18. The number of aryl methyl sites for hydroxylation is 2. The Bertz CT molecular complexity index is 346. The smallest absolute Gasteiger partial charge is 0.131 e. The molecule has 1 aromatic rings. The zero-order valence-electron chi connectivity index (χ0n) is 8.27. The molecular weight excluding hydrogens is 265 g/mol. The second-order valence-electron chi connectivity index (χ2n) is 3.10. The summed E-state index contributed by atoms with van der Waals surface area (Å²) in [5, 5.41) is 8.12. The van der Waals surface area contributed by atoms with Gasteiger partial charge in [0.15, 0.2) is 0 Å². The Balaban J connectivity index is 2.62. The first-order chi connectivity index (χ1) is 6.52. The van der Waals surface area contributed by atoms with Crippen LogP contribution in [0.15, 0.2) is 11.1 Å². The summed E-state index contributed by atoms with van der Waals surface area (Å²) in [7, 11) is 1.84. The molecule has 5 heteroatoms. The number of hydrogen-bond acceptors (Lipinski definition) is 2. The molecule has 0 fully saturated rings. The number of hydrogen-bond donors (Lipinski definition) is 1. The highest BCUT2D eigenvalue weighted by Gasteiger charge is 2.09. The van der Waals surface area contributed by atoms with Crippen molar-refractivity contribution in [3.8, 4) is 0 Å². The SMILES string of the molecule is C=C(Br)CNCc1c(C)nn(C)c1Cl. The lowest BCUT2D eigenvalue weighted by Gasteiger charge is -2.02. The van der Waals surface area contributed by atoms with Crippen LogP contribution in [-0.4, -0.2) is 16.3 Å². The van der Waals surface area contributed by atoms with Gasteiger partial charge in [-0.15, -0.1) is 0 Å². The van der Waals surface area contributed by atoms with Gasteiger partial charge in [0.05, 0.1) is 5.69 Å². The Morgan fingerprint density at radius 3 is 2.79 bits per heavy atom. The fraction of sp³-hybridized carbons (Fsp3) is 0.444. The van der Waals surface area contributed by atoms with Crippen molar-refractivity contribution in [3.05, 3.63) is 27.5 Å². The Labute approximate surface area is 97.3 Å². The minimum absolute atomic E-state index is 0.690. The topological polar surface area (TPSA) is 29.9 Å². The normalized spacial score (nSPS) is 10.6. The van der Waals surface area contributed by atoms with E-state index in [-0.39, 0.29) is 0 Å². The lowest BCUT2D eigenvalue weighted by atomic mass is 10.2. The van der Waals surface area contributed by atoms with Crippen LogP contribution in [0.25, 0.3) is 0 Å². The Morgan fingerprint density at radius 2 is 2.36 bits per heavy atom. The molecule has 0 bridgehead atoms. The fourth-order valence-corrected chi connectivity index (χ4v) is 1.64. The molecule has 0 aliphatic rings. The first kappa shape index (κ1) is 11.8. The van der Waals surface area contributed by atoms with E-state index in [2.05, 4.69) is 32.9 Å². The molecule has 3 nitrogen and oxygen atoms in total. The molecule has 78 valence electrons. The average Bonchev–Trinajstić information content (AvgIpc) is 2.31. The van der Waals surface area contributed by atoms with E-state index in [0.29, 0.717) is 11.7 Å². The van der Waals surface area contributed by atoms with Gasteiger partial charge in [-0.25, -0.2) is 0 Å². The zero-order chi connectivity index (χ0) is 10.7. The number of nitrogens with zero attached hydrogens (tertiary/aromatic N) is 2. The number of halogens is 2. The van der Waals surface area contributed by atoms with Crippen LogP contribution in [0.4, 0.5) is 0 Å². The monoisotopic (exact) mass is 277 g/mol. The van der Waals surface area contributed by atoms with Gasteiger partial charge in [-0.05, 0) is 6.92 Å². The van der Waals surface area contributed by atoms with Gasteiger partial charge < -0.3 is 5.32 Å². The van der Waals surface area contributed by atoms with Crippen molar-refractivity contribution in [1.29, 1.82) is 0 Å². The largest absolute Gasteiger partial charge is 0.308 e. The third-order valence-electron chi connectivity index (χ3n) is 1.89. The van der Waals surface area contributed by atoms with Crippen molar-refractivity contribution in [2.24, 2.45) is 7.05 Å². The predicted octanol–water partition coefficient (Wildman–Crippen LogP) is 2.38. The van der Waals surface area contributed by atoms with Crippen molar-refractivity contribution >= 4 is 27.5 Å². The van der Waals surface area contributed by atoms with Gasteiger partial charge >= 0.3 is 0 Å². The van der Waals surface area contributed by atoms with Crippen molar-refractivity contribution < 1.29 is 0 Å². The van der Waals surface area contributed by atoms with Crippen LogP contribution in [0.2, 0.25) is 5.15 Å². The first-order valence-electron chi connectivity index (χ1n) is 4.24. The minimum atomic E-state index is 0.690. The number of nitrogens with one attached hydrogen (secondary N) is 1. The second kappa shape index (κ2) is 4.96. The van der Waals surface area contributed by atoms with E-state index in [4.69, 9.17) is 11.6 Å². The molecule has 14 heavy (non-hydrogen) atoms. The third kappa shape index (κ3) is 2.83. The number of rotatable bonds is 4. The molecule has 0 aliphatic heterocycles. The van der Waals surface area contributed by atoms with Crippen LogP contribution >= 0.6 is 27.5 Å². The van der Waals surface area contributed by atoms with Crippen LogP contribution in [0.5, 0.6) is 0 Å². The van der Waals surface area contributed by atoms with Gasteiger partial charge in [-0.1, -0.05) is 34.1 Å². The molecule has 0 saturated carbocycles. The van der Waals surface area contributed by atoms with Gasteiger partial charge in [0.25, 0.3) is 0 Å². The van der Waals surface area contributed by atoms with Crippen LogP contribution < -0.4 is 5.32 Å². The minimum Gasteiger partial charge on any atom is -0.308 e. The van der Waals surface area contributed by atoms with E-state index in [0.717, 1.165) is 22.3 Å². The van der Waals surface area contributed by atoms with E-state index in [1.54, 1.807) is 4.68 Å². The maximum absolute atomic E-state index is 6.06. The first-order valence-corrected chi connectivity index (χ1v) is 5.41. The highest BCUT2D eigenvalue weighted by molar-refractivity contribution is 9.11. The standard InChI is InChI=1S/C9H13BrClN3/c1-6(10)4-12-5-8-7(2)13-14(3)9(8)11/h12H,1,4-5H2,2-3H3. The van der Waals surface area contributed by atoms with Gasteiger partial charge in [0, 0.05) is 30.2 Å². The molecule has 0 amide bonds. The second-order valence-corrected chi connectivity index (χ2v) is 4.58. The molecule has 0 atom stereocenters. The van der Waals surface area contributed by atoms with Crippen molar-refractivity contribution in [3.63, 3.8) is 0 Å². The molecule has 1 N–H and O–H groups in total. The fourth-order valence-electron chi connectivity index (χ4n) is 1.20. The summed E-state index contributed by atoms with van der Waals surface area (Å²) >= 11 is 9.34. The maximum Gasteiger partial charge on any atom is 0.131 e. The molecule has 1 aromatic heterocycles. The predicted molar refractivity (Wildman–Crippen MR) is 62.7 cm³/mol. The molecule has 0 aliphatic carbocycles. The van der Waals surface area contributed by atoms with Crippen molar-refractivity contribution in [2.45, 2.75) is 13.5 Å². The summed E-state index contributed by atoms with van der Waals surface area (Å²) in [6, 6.07) is 0. The summed E-state index contributed by atoms with van der Waals surface area (Å²) in [5.41, 5.74) is 2.01. The van der Waals surface area contributed by atoms with Crippen LogP contribution in [0, 0.1) is 6.92 Å². The molecule has 0 spiro atoms. The van der Waals surface area contributed by atoms with Crippen LogP contribution in [-0.2, 0) is 13.6 Å². The summed E-state index contributed by atoms with van der Waals surface area (Å²) in [4.78, 5) is 0. The third-order valence-corrected chi connectivity index (χ3v) is 2.64. The highest BCUT2D eigenvalue weighted by atomic mass is 79.9. The van der Waals surface area contributed by atoms with Crippen LogP contribution in [0.3, 0.4) is 0 Å². The summed E-state index contributed by atoms with van der Waals surface area (Å²) in [6.07, 6.45) is 0. The molecular formula is C9H13BrClN3. The lowest BCUT2D eigenvalue weighted by Crippen LogP contribution is -2.14. The molecule has 1 rings (SSSR count). The van der Waals surface area contributed by atoms with Crippen LogP contribution in [0.1, 0.15) is 11.3 Å². The Kier molecular flexibility index (Phi) is 4.16. The van der Waals surface area contributed by atoms with Gasteiger partial charge in [0.1, 0.15) is 5.15 Å². The lowest BCUT2D eigenvalue weighted by molar-refractivity contribution is 0.749. The number of aromatic nitrogens is 2. The molecule has 0 saturated heterocycles. The zero-order valence-corrected chi connectivity index (χ0v) is 10.6. The maximum atomic E-state index is 6.06. The van der Waals surface area contributed by atoms with E-state index >= 15 is 0 Å². The van der Waals surface area contributed by atoms with E-state index in [1.165, 1.54) is 0 Å². The van der Waals surface area contributed by atoms with Crippen molar-refractivity contribution in [2.75, 3.05) is 6.54 Å². The Morgan fingerprint density at radius 1 is 1.71 bits per heavy atom. The Hall–Kier alpha value is -0.320. The van der Waals surface area contributed by atoms with Gasteiger partial charge in [0.2, 0.25) is 0 Å². The van der Waals surface area contributed by atoms with Crippen molar-refractivity contribution in [1.82, 2.24) is 15.1 Å². The van der Waals surface area contributed by atoms with E-state index < -0.39 is 0 Å². The van der Waals surface area contributed by atoms with E-state index in [9.17, 15) is 0 Å². The molecule has 0 aromatic carbocycles.